The van der Waals surface area contributed by atoms with Crippen molar-refractivity contribution in [1.29, 1.82) is 0 Å². The molecular weight excluding hydrogens is 511 g/mol. The summed E-state index contributed by atoms with van der Waals surface area (Å²) in [4.78, 5) is 6.63. The van der Waals surface area contributed by atoms with E-state index in [-0.39, 0.29) is 41.7 Å². The molecule has 1 aromatic rings. The number of rotatable bonds is 8. The van der Waals surface area contributed by atoms with E-state index in [1.54, 1.807) is 7.05 Å². The molecule has 0 saturated carbocycles. The Morgan fingerprint density at radius 2 is 1.96 bits per heavy atom. The Kier molecular flexibility index (Phi) is 11.1. The fourth-order valence-corrected chi connectivity index (χ4v) is 5.66. The van der Waals surface area contributed by atoms with Crippen LogP contribution < -0.4 is 10.6 Å². The highest BCUT2D eigenvalue weighted by atomic mass is 127. The molecule has 0 amide bonds. The maximum absolute atomic E-state index is 11.6. The molecule has 1 fully saturated rings. The summed E-state index contributed by atoms with van der Waals surface area (Å²) in [5.74, 6) is 1.39. The first-order valence-electron chi connectivity index (χ1n) is 9.53. The van der Waals surface area contributed by atoms with Crippen LogP contribution in [0.1, 0.15) is 31.9 Å². The lowest BCUT2D eigenvalue weighted by molar-refractivity contribution is 0.219. The molecule has 1 saturated heterocycles. The van der Waals surface area contributed by atoms with Crippen molar-refractivity contribution < 1.29 is 8.42 Å². The third-order valence-corrected chi connectivity index (χ3v) is 7.27. The van der Waals surface area contributed by atoms with Crippen LogP contribution in [0.15, 0.2) is 29.3 Å². The van der Waals surface area contributed by atoms with E-state index in [1.807, 2.05) is 18.2 Å². The molecule has 0 spiro atoms. The van der Waals surface area contributed by atoms with Crippen LogP contribution in [0.2, 0.25) is 5.02 Å². The molecule has 2 atom stereocenters. The SMILES string of the molecule is CCN(CC)C(CNC(=NC)NCC1CCS(=O)(=O)C1)c1ccccc1Cl.I. The fraction of sp³-hybridized carbons (Fsp3) is 0.632. The average Bonchev–Trinajstić information content (AvgIpc) is 3.00. The molecule has 2 unspecified atom stereocenters. The average molecular weight is 543 g/mol. The molecule has 0 radical (unpaired) electrons. The number of hydrogen-bond acceptors (Lipinski definition) is 4. The summed E-state index contributed by atoms with van der Waals surface area (Å²) in [6.07, 6.45) is 0.716. The number of aliphatic imine (C=N–C) groups is 1. The molecule has 28 heavy (non-hydrogen) atoms. The quantitative estimate of drug-likeness (QED) is 0.300. The molecule has 2 N–H and O–H groups in total. The lowest BCUT2D eigenvalue weighted by Gasteiger charge is -2.31. The van der Waals surface area contributed by atoms with Crippen molar-refractivity contribution in [3.63, 3.8) is 0 Å². The summed E-state index contributed by atoms with van der Waals surface area (Å²) in [7, 11) is -1.13. The summed E-state index contributed by atoms with van der Waals surface area (Å²) in [6, 6.07) is 8.05. The van der Waals surface area contributed by atoms with Crippen molar-refractivity contribution in [2.75, 3.05) is 44.7 Å². The second-order valence-corrected chi connectivity index (χ2v) is 9.50. The first-order valence-corrected chi connectivity index (χ1v) is 11.7. The van der Waals surface area contributed by atoms with Crippen molar-refractivity contribution in [2.45, 2.75) is 26.3 Å². The first kappa shape index (κ1) is 25.5. The largest absolute Gasteiger partial charge is 0.356 e. The number of likely N-dealkylation sites (N-methyl/N-ethyl adjacent to an activating group) is 1. The van der Waals surface area contributed by atoms with Crippen molar-refractivity contribution in [3.8, 4) is 0 Å². The lowest BCUT2D eigenvalue weighted by Crippen LogP contribution is -2.44. The van der Waals surface area contributed by atoms with Gasteiger partial charge in [0.15, 0.2) is 15.8 Å². The van der Waals surface area contributed by atoms with Crippen LogP contribution in [0.5, 0.6) is 0 Å². The number of nitrogens with one attached hydrogen (secondary N) is 2. The van der Waals surface area contributed by atoms with Gasteiger partial charge in [0, 0.05) is 25.2 Å². The zero-order valence-electron chi connectivity index (χ0n) is 16.8. The van der Waals surface area contributed by atoms with Gasteiger partial charge in [-0.2, -0.15) is 0 Å². The number of benzene rings is 1. The van der Waals surface area contributed by atoms with Crippen LogP contribution in [-0.4, -0.2) is 64.0 Å². The summed E-state index contributed by atoms with van der Waals surface area (Å²) >= 11 is 6.44. The molecule has 160 valence electrons. The molecular formula is C19H32ClIN4O2S. The molecule has 0 aliphatic carbocycles. The molecule has 0 bridgehead atoms. The number of sulfone groups is 1. The van der Waals surface area contributed by atoms with Gasteiger partial charge in [-0.3, -0.25) is 9.89 Å². The van der Waals surface area contributed by atoms with E-state index in [4.69, 9.17) is 11.6 Å². The van der Waals surface area contributed by atoms with Gasteiger partial charge in [0.05, 0.1) is 17.5 Å². The molecule has 1 heterocycles. The van der Waals surface area contributed by atoms with Gasteiger partial charge in [-0.25, -0.2) is 8.42 Å². The predicted molar refractivity (Wildman–Crippen MR) is 129 cm³/mol. The van der Waals surface area contributed by atoms with E-state index in [0.717, 1.165) is 23.7 Å². The number of hydrogen-bond donors (Lipinski definition) is 2. The normalized spacial score (nSPS) is 19.9. The van der Waals surface area contributed by atoms with Crippen LogP contribution in [0.4, 0.5) is 0 Å². The summed E-state index contributed by atoms with van der Waals surface area (Å²) in [5.41, 5.74) is 1.09. The van der Waals surface area contributed by atoms with Gasteiger partial charge in [-0.1, -0.05) is 43.6 Å². The number of guanidine groups is 1. The lowest BCUT2D eigenvalue weighted by atomic mass is 10.0. The maximum Gasteiger partial charge on any atom is 0.191 e. The topological polar surface area (TPSA) is 73.8 Å². The summed E-state index contributed by atoms with van der Waals surface area (Å²) in [5, 5.41) is 7.41. The first-order chi connectivity index (χ1) is 12.9. The van der Waals surface area contributed by atoms with Crippen LogP contribution in [-0.2, 0) is 9.84 Å². The molecule has 2 rings (SSSR count). The Morgan fingerprint density at radius 3 is 2.50 bits per heavy atom. The van der Waals surface area contributed by atoms with E-state index in [1.165, 1.54) is 0 Å². The van der Waals surface area contributed by atoms with E-state index in [9.17, 15) is 8.42 Å². The highest BCUT2D eigenvalue weighted by Gasteiger charge is 2.28. The number of halogens is 2. The van der Waals surface area contributed by atoms with Gasteiger partial charge < -0.3 is 10.6 Å². The zero-order valence-corrected chi connectivity index (χ0v) is 20.7. The monoisotopic (exact) mass is 542 g/mol. The van der Waals surface area contributed by atoms with Gasteiger partial charge in [-0.15, -0.1) is 24.0 Å². The highest BCUT2D eigenvalue weighted by molar-refractivity contribution is 14.0. The molecule has 0 aromatic heterocycles. The van der Waals surface area contributed by atoms with E-state index in [0.29, 0.717) is 31.2 Å². The van der Waals surface area contributed by atoms with Gasteiger partial charge in [-0.05, 0) is 37.1 Å². The van der Waals surface area contributed by atoms with Crippen molar-refractivity contribution >= 4 is 51.4 Å². The van der Waals surface area contributed by atoms with Crippen molar-refractivity contribution in [2.24, 2.45) is 10.9 Å². The molecule has 6 nitrogen and oxygen atoms in total. The Balaban J connectivity index is 0.00000392. The maximum atomic E-state index is 11.6. The second-order valence-electron chi connectivity index (χ2n) is 6.86. The van der Waals surface area contributed by atoms with Gasteiger partial charge in [0.1, 0.15) is 0 Å². The Bertz CT molecular complexity index is 741. The molecule has 1 aromatic carbocycles. The third kappa shape index (κ3) is 7.35. The number of nitrogens with zero attached hydrogens (tertiary/aromatic N) is 2. The standard InChI is InChI=1S/C19H31ClN4O2S.HI/c1-4-24(5-2)18(16-8-6-7-9-17(16)20)13-23-19(21-3)22-12-15-10-11-27(25,26)14-15;/h6-9,15,18H,4-5,10-14H2,1-3H3,(H2,21,22,23);1H. The Hall–Kier alpha value is -0.580. The van der Waals surface area contributed by atoms with Crippen LogP contribution in [0, 0.1) is 5.92 Å². The second kappa shape index (κ2) is 12.2. The van der Waals surface area contributed by atoms with Gasteiger partial charge >= 0.3 is 0 Å². The van der Waals surface area contributed by atoms with Crippen LogP contribution in [0.25, 0.3) is 0 Å². The third-order valence-electron chi connectivity index (χ3n) is 5.09. The van der Waals surface area contributed by atoms with E-state index < -0.39 is 9.84 Å². The Morgan fingerprint density at radius 1 is 1.29 bits per heavy atom. The van der Waals surface area contributed by atoms with Crippen LogP contribution >= 0.6 is 35.6 Å². The Labute approximate surface area is 191 Å². The minimum atomic E-state index is -2.86. The summed E-state index contributed by atoms with van der Waals surface area (Å²) in [6.45, 7) is 7.39. The highest BCUT2D eigenvalue weighted by Crippen LogP contribution is 2.27. The van der Waals surface area contributed by atoms with Gasteiger partial charge in [0.25, 0.3) is 0 Å². The minimum absolute atomic E-state index is 0. The van der Waals surface area contributed by atoms with E-state index >= 15 is 0 Å². The fourth-order valence-electron chi connectivity index (χ4n) is 3.53. The predicted octanol–water partition coefficient (Wildman–Crippen LogP) is 2.94. The smallest absolute Gasteiger partial charge is 0.191 e. The zero-order chi connectivity index (χ0) is 19.9. The summed E-state index contributed by atoms with van der Waals surface area (Å²) < 4.78 is 23.2. The molecule has 1 aliphatic heterocycles. The van der Waals surface area contributed by atoms with Crippen molar-refractivity contribution in [3.05, 3.63) is 34.9 Å². The van der Waals surface area contributed by atoms with Gasteiger partial charge in [0.2, 0.25) is 0 Å². The molecule has 1 aliphatic rings. The minimum Gasteiger partial charge on any atom is -0.356 e. The van der Waals surface area contributed by atoms with Crippen molar-refractivity contribution in [1.82, 2.24) is 15.5 Å². The molecule has 9 heteroatoms. The van der Waals surface area contributed by atoms with Crippen LogP contribution in [0.3, 0.4) is 0 Å². The van der Waals surface area contributed by atoms with E-state index in [2.05, 4.69) is 40.4 Å².